The standard InChI is InChI=1S/C17H21F2N3O2.ClH/c18-12-4-5-13(14(19)11-12)16(23)21-7-9-22(10-8-21)17(24)15-3-1-2-6-20-15;/h4-5,11,15,20H,1-3,6-10H2;1H. The lowest BCUT2D eigenvalue weighted by Crippen LogP contribution is -2.55. The summed E-state index contributed by atoms with van der Waals surface area (Å²) in [4.78, 5) is 28.1. The maximum atomic E-state index is 13.7. The first-order valence-electron chi connectivity index (χ1n) is 8.33. The van der Waals surface area contributed by atoms with E-state index in [0.29, 0.717) is 32.2 Å². The molecule has 1 atom stereocenters. The van der Waals surface area contributed by atoms with Crippen LogP contribution < -0.4 is 5.32 Å². The van der Waals surface area contributed by atoms with Crippen molar-refractivity contribution >= 4 is 24.2 Å². The number of nitrogens with one attached hydrogen (secondary N) is 1. The van der Waals surface area contributed by atoms with Gasteiger partial charge in [0, 0.05) is 32.2 Å². The smallest absolute Gasteiger partial charge is 0.256 e. The predicted octanol–water partition coefficient (Wildman–Crippen LogP) is 1.81. The van der Waals surface area contributed by atoms with Gasteiger partial charge in [-0.25, -0.2) is 8.78 Å². The highest BCUT2D eigenvalue weighted by Crippen LogP contribution is 2.16. The average molecular weight is 374 g/mol. The van der Waals surface area contributed by atoms with Gasteiger partial charge in [-0.2, -0.15) is 0 Å². The van der Waals surface area contributed by atoms with Crippen molar-refractivity contribution < 1.29 is 18.4 Å². The van der Waals surface area contributed by atoms with Crippen LogP contribution in [0.3, 0.4) is 0 Å². The largest absolute Gasteiger partial charge is 0.338 e. The number of amides is 2. The summed E-state index contributed by atoms with van der Waals surface area (Å²) < 4.78 is 26.7. The van der Waals surface area contributed by atoms with E-state index >= 15 is 0 Å². The summed E-state index contributed by atoms with van der Waals surface area (Å²) in [6.07, 6.45) is 2.99. The second-order valence-corrected chi connectivity index (χ2v) is 6.24. The van der Waals surface area contributed by atoms with Gasteiger partial charge in [-0.3, -0.25) is 9.59 Å². The third-order valence-corrected chi connectivity index (χ3v) is 4.65. The number of hydrogen-bond donors (Lipinski definition) is 1. The molecular formula is C17H22ClF2N3O2. The molecule has 2 aliphatic rings. The van der Waals surface area contributed by atoms with E-state index in [1.54, 1.807) is 4.90 Å². The van der Waals surface area contributed by atoms with Crippen molar-refractivity contribution in [3.63, 3.8) is 0 Å². The Hall–Kier alpha value is -1.73. The zero-order valence-electron chi connectivity index (χ0n) is 13.8. The molecular weight excluding hydrogens is 352 g/mol. The first kappa shape index (κ1) is 19.6. The molecule has 1 unspecified atom stereocenters. The van der Waals surface area contributed by atoms with E-state index in [0.717, 1.165) is 37.9 Å². The number of piperidine rings is 1. The minimum Gasteiger partial charge on any atom is -0.338 e. The van der Waals surface area contributed by atoms with Crippen LogP contribution in [0.4, 0.5) is 8.78 Å². The number of rotatable bonds is 2. The first-order valence-corrected chi connectivity index (χ1v) is 8.33. The van der Waals surface area contributed by atoms with Crippen LogP contribution in [0.25, 0.3) is 0 Å². The van der Waals surface area contributed by atoms with Crippen LogP contribution in [0.1, 0.15) is 29.6 Å². The van der Waals surface area contributed by atoms with Crippen molar-refractivity contribution in [3.05, 3.63) is 35.4 Å². The Morgan fingerprint density at radius 3 is 2.32 bits per heavy atom. The summed E-state index contributed by atoms with van der Waals surface area (Å²) in [6, 6.07) is 2.82. The number of carbonyl (C=O) groups is 2. The summed E-state index contributed by atoms with van der Waals surface area (Å²) in [7, 11) is 0. The average Bonchev–Trinajstić information content (AvgIpc) is 2.61. The van der Waals surface area contributed by atoms with Crippen LogP contribution in [0.15, 0.2) is 18.2 Å². The fourth-order valence-electron chi connectivity index (χ4n) is 3.25. The van der Waals surface area contributed by atoms with Crippen molar-refractivity contribution in [1.29, 1.82) is 0 Å². The van der Waals surface area contributed by atoms with Gasteiger partial charge in [0.25, 0.3) is 5.91 Å². The molecule has 8 heteroatoms. The predicted molar refractivity (Wildman–Crippen MR) is 91.7 cm³/mol. The highest BCUT2D eigenvalue weighted by molar-refractivity contribution is 5.94. The Kier molecular flexibility index (Phi) is 6.72. The van der Waals surface area contributed by atoms with Crippen LogP contribution in [-0.4, -0.2) is 60.4 Å². The number of carbonyl (C=O) groups excluding carboxylic acids is 2. The highest BCUT2D eigenvalue weighted by Gasteiger charge is 2.30. The van der Waals surface area contributed by atoms with Crippen molar-refractivity contribution in [2.75, 3.05) is 32.7 Å². The molecule has 0 aromatic heterocycles. The summed E-state index contributed by atoms with van der Waals surface area (Å²) in [5.41, 5.74) is -0.134. The molecule has 1 N–H and O–H groups in total. The summed E-state index contributed by atoms with van der Waals surface area (Å²) in [6.45, 7) is 2.44. The summed E-state index contributed by atoms with van der Waals surface area (Å²) in [5, 5.41) is 3.23. The SMILES string of the molecule is Cl.O=C(c1ccc(F)cc1F)N1CCN(C(=O)C2CCCCN2)CC1. The summed E-state index contributed by atoms with van der Waals surface area (Å²) >= 11 is 0. The fourth-order valence-corrected chi connectivity index (χ4v) is 3.25. The van der Waals surface area contributed by atoms with Gasteiger partial charge in [-0.1, -0.05) is 6.42 Å². The van der Waals surface area contributed by atoms with Gasteiger partial charge in [-0.05, 0) is 31.5 Å². The van der Waals surface area contributed by atoms with Gasteiger partial charge in [0.2, 0.25) is 5.91 Å². The van der Waals surface area contributed by atoms with Gasteiger partial charge in [0.05, 0.1) is 11.6 Å². The van der Waals surface area contributed by atoms with Crippen LogP contribution in [0.2, 0.25) is 0 Å². The van der Waals surface area contributed by atoms with E-state index in [1.807, 2.05) is 0 Å². The Bertz CT molecular complexity index is 630. The molecule has 2 aliphatic heterocycles. The van der Waals surface area contributed by atoms with Gasteiger partial charge in [0.15, 0.2) is 0 Å². The molecule has 0 radical (unpaired) electrons. The molecule has 25 heavy (non-hydrogen) atoms. The van der Waals surface area contributed by atoms with Crippen LogP contribution >= 0.6 is 12.4 Å². The molecule has 2 amide bonds. The molecule has 1 aromatic rings. The quantitative estimate of drug-likeness (QED) is 0.860. The van der Waals surface area contributed by atoms with Gasteiger partial charge in [-0.15, -0.1) is 12.4 Å². The van der Waals surface area contributed by atoms with Crippen LogP contribution in [-0.2, 0) is 4.79 Å². The highest BCUT2D eigenvalue weighted by atomic mass is 35.5. The topological polar surface area (TPSA) is 52.7 Å². The minimum atomic E-state index is -0.857. The lowest BCUT2D eigenvalue weighted by Gasteiger charge is -2.37. The van der Waals surface area contributed by atoms with E-state index in [4.69, 9.17) is 0 Å². The number of hydrogen-bond acceptors (Lipinski definition) is 3. The van der Waals surface area contributed by atoms with Crippen molar-refractivity contribution in [3.8, 4) is 0 Å². The zero-order valence-corrected chi connectivity index (χ0v) is 14.7. The minimum absolute atomic E-state index is 0. The third kappa shape index (κ3) is 4.46. The monoisotopic (exact) mass is 373 g/mol. The molecule has 2 saturated heterocycles. The van der Waals surface area contributed by atoms with Gasteiger partial charge < -0.3 is 15.1 Å². The summed E-state index contributed by atoms with van der Waals surface area (Å²) in [5.74, 6) is -1.95. The molecule has 0 aliphatic carbocycles. The maximum Gasteiger partial charge on any atom is 0.256 e. The van der Waals surface area contributed by atoms with E-state index in [-0.39, 0.29) is 29.9 Å². The van der Waals surface area contributed by atoms with Gasteiger partial charge >= 0.3 is 0 Å². The lowest BCUT2D eigenvalue weighted by atomic mass is 10.0. The van der Waals surface area contributed by atoms with Crippen molar-refractivity contribution in [1.82, 2.24) is 15.1 Å². The number of halogens is 3. The van der Waals surface area contributed by atoms with Crippen LogP contribution in [0.5, 0.6) is 0 Å². The normalized spacial score (nSPS) is 20.8. The van der Waals surface area contributed by atoms with Crippen LogP contribution in [0, 0.1) is 11.6 Å². The Labute approximate surface area is 151 Å². The lowest BCUT2D eigenvalue weighted by molar-refractivity contribution is -0.135. The third-order valence-electron chi connectivity index (χ3n) is 4.65. The van der Waals surface area contributed by atoms with Crippen molar-refractivity contribution in [2.45, 2.75) is 25.3 Å². The van der Waals surface area contributed by atoms with E-state index < -0.39 is 17.5 Å². The number of benzene rings is 1. The molecule has 3 rings (SSSR count). The Morgan fingerprint density at radius 2 is 1.72 bits per heavy atom. The van der Waals surface area contributed by atoms with Gasteiger partial charge in [0.1, 0.15) is 11.6 Å². The van der Waals surface area contributed by atoms with E-state index in [1.165, 1.54) is 4.90 Å². The molecule has 0 spiro atoms. The second kappa shape index (κ2) is 8.58. The van der Waals surface area contributed by atoms with Crippen molar-refractivity contribution in [2.24, 2.45) is 0 Å². The number of piperazine rings is 1. The van der Waals surface area contributed by atoms with E-state index in [9.17, 15) is 18.4 Å². The van der Waals surface area contributed by atoms with E-state index in [2.05, 4.69) is 5.32 Å². The zero-order chi connectivity index (χ0) is 17.1. The Morgan fingerprint density at radius 1 is 1.04 bits per heavy atom. The molecule has 2 fully saturated rings. The molecule has 2 heterocycles. The number of nitrogens with zero attached hydrogens (tertiary/aromatic N) is 2. The second-order valence-electron chi connectivity index (χ2n) is 6.24. The molecule has 0 saturated carbocycles. The molecule has 0 bridgehead atoms. The molecule has 5 nitrogen and oxygen atoms in total. The molecule has 1 aromatic carbocycles. The Balaban J connectivity index is 0.00000225. The first-order chi connectivity index (χ1) is 11.6. The maximum absolute atomic E-state index is 13.7. The molecule has 138 valence electrons. The fraction of sp³-hybridized carbons (Fsp3) is 0.529.